The number of aryl methyl sites for hydroxylation is 1. The molecular formula is C34H41FN6O4S. The summed E-state index contributed by atoms with van der Waals surface area (Å²) in [7, 11) is 0.0653. The molecule has 0 bridgehead atoms. The zero-order valence-electron chi connectivity index (χ0n) is 27.0. The van der Waals surface area contributed by atoms with Crippen molar-refractivity contribution >= 4 is 15.8 Å². The van der Waals surface area contributed by atoms with Crippen LogP contribution in [0.25, 0.3) is 11.3 Å². The molecule has 4 aromatic rings. The average molecular weight is 649 g/mol. The Kier molecular flexibility index (Phi) is 10.5. The number of ether oxygens (including phenoxy) is 2. The van der Waals surface area contributed by atoms with Crippen molar-refractivity contribution in [1.82, 2.24) is 24.2 Å². The Bertz CT molecular complexity index is 1690. The Morgan fingerprint density at radius 1 is 0.913 bits per heavy atom. The number of pyridine rings is 1. The lowest BCUT2D eigenvalue weighted by Gasteiger charge is -2.38. The molecule has 0 unspecified atom stereocenters. The van der Waals surface area contributed by atoms with Crippen LogP contribution in [0.2, 0.25) is 0 Å². The summed E-state index contributed by atoms with van der Waals surface area (Å²) >= 11 is 0. The van der Waals surface area contributed by atoms with Crippen LogP contribution in [0, 0.1) is 12.9 Å². The molecule has 2 aromatic carbocycles. The van der Waals surface area contributed by atoms with Gasteiger partial charge in [-0.15, -0.1) is 0 Å². The zero-order valence-corrected chi connectivity index (χ0v) is 27.8. The molecule has 0 saturated carbocycles. The fraction of sp³-hybridized carbons (Fsp3) is 0.382. The van der Waals surface area contributed by atoms with Crippen LogP contribution in [0.5, 0.6) is 11.5 Å². The standard InChI is InChI=1S/C34H41FN6O4S/c1-24-21-41(46(5,42)43)17-16-39(24)15-14-28-18-31(34(35)36-20-28)32-19-33(38-25(2)37-32)40(22-26-6-10-29(44-3)11-7-26)23-27-8-12-30(45-4)13-9-27/h6-13,18-20,24H,14-17,21-23H2,1-5H3/t24-/m0/s1. The third-order valence-corrected chi connectivity index (χ3v) is 9.54. The van der Waals surface area contributed by atoms with Crippen LogP contribution in [0.4, 0.5) is 10.2 Å². The van der Waals surface area contributed by atoms with Crippen LogP contribution in [0.1, 0.15) is 29.4 Å². The fourth-order valence-corrected chi connectivity index (χ4v) is 6.55. The molecule has 1 aliphatic rings. The average Bonchev–Trinajstić information content (AvgIpc) is 3.04. The molecule has 0 radical (unpaired) electrons. The number of benzene rings is 2. The number of hydrogen-bond donors (Lipinski definition) is 0. The van der Waals surface area contributed by atoms with Gasteiger partial charge in [0.15, 0.2) is 0 Å². The predicted molar refractivity (Wildman–Crippen MR) is 177 cm³/mol. The second-order valence-corrected chi connectivity index (χ2v) is 13.6. The quantitative estimate of drug-likeness (QED) is 0.202. The molecule has 46 heavy (non-hydrogen) atoms. The lowest BCUT2D eigenvalue weighted by atomic mass is 10.1. The highest BCUT2D eigenvalue weighted by Gasteiger charge is 2.28. The first kappa shape index (κ1) is 33.2. The highest BCUT2D eigenvalue weighted by Crippen LogP contribution is 2.28. The van der Waals surface area contributed by atoms with Crippen molar-refractivity contribution in [2.45, 2.75) is 39.4 Å². The Labute approximate surface area is 270 Å². The van der Waals surface area contributed by atoms with E-state index in [0.29, 0.717) is 68.6 Å². The van der Waals surface area contributed by atoms with E-state index in [4.69, 9.17) is 14.5 Å². The molecule has 1 saturated heterocycles. The van der Waals surface area contributed by atoms with E-state index in [0.717, 1.165) is 28.2 Å². The van der Waals surface area contributed by atoms with Crippen molar-refractivity contribution < 1.29 is 22.3 Å². The number of hydrogen-bond acceptors (Lipinski definition) is 9. The summed E-state index contributed by atoms with van der Waals surface area (Å²) in [5.41, 5.74) is 3.77. The molecule has 12 heteroatoms. The molecule has 1 fully saturated rings. The Hall–Kier alpha value is -4.13. The maximum Gasteiger partial charge on any atom is 0.222 e. The topological polar surface area (TPSA) is 101 Å². The smallest absolute Gasteiger partial charge is 0.222 e. The van der Waals surface area contributed by atoms with E-state index in [1.165, 1.54) is 10.6 Å². The molecule has 3 heterocycles. The molecule has 0 spiro atoms. The largest absolute Gasteiger partial charge is 0.497 e. The summed E-state index contributed by atoms with van der Waals surface area (Å²) in [6.45, 7) is 7.20. The SMILES string of the molecule is COc1ccc(CN(Cc2ccc(OC)cc2)c2cc(-c3cc(CCN4CCN(S(C)(=O)=O)C[C@@H]4C)cnc3F)nc(C)n2)cc1. The minimum atomic E-state index is -3.22. The van der Waals surface area contributed by atoms with Crippen molar-refractivity contribution in [3.63, 3.8) is 0 Å². The normalized spacial score (nSPS) is 15.9. The summed E-state index contributed by atoms with van der Waals surface area (Å²) in [6, 6.07) is 19.5. The number of sulfonamides is 1. The fourth-order valence-electron chi connectivity index (χ4n) is 5.65. The van der Waals surface area contributed by atoms with Crippen LogP contribution in [-0.4, -0.2) is 85.3 Å². The molecule has 0 amide bonds. The van der Waals surface area contributed by atoms with Gasteiger partial charge in [-0.3, -0.25) is 4.90 Å². The van der Waals surface area contributed by atoms with E-state index in [-0.39, 0.29) is 6.04 Å². The summed E-state index contributed by atoms with van der Waals surface area (Å²) < 4.78 is 51.4. The first-order valence-corrected chi connectivity index (χ1v) is 17.1. The van der Waals surface area contributed by atoms with Gasteiger partial charge in [0.1, 0.15) is 23.1 Å². The third-order valence-electron chi connectivity index (χ3n) is 8.27. The molecule has 1 aliphatic heterocycles. The monoisotopic (exact) mass is 648 g/mol. The van der Waals surface area contributed by atoms with E-state index in [1.807, 2.05) is 67.6 Å². The van der Waals surface area contributed by atoms with Gasteiger partial charge in [-0.25, -0.2) is 23.4 Å². The lowest BCUT2D eigenvalue weighted by molar-refractivity contribution is 0.131. The second kappa shape index (κ2) is 14.5. The first-order valence-electron chi connectivity index (χ1n) is 15.2. The first-order chi connectivity index (χ1) is 22.0. The Morgan fingerprint density at radius 3 is 2.07 bits per heavy atom. The van der Waals surface area contributed by atoms with Gasteiger partial charge in [-0.1, -0.05) is 24.3 Å². The van der Waals surface area contributed by atoms with Gasteiger partial charge in [0, 0.05) is 57.6 Å². The Morgan fingerprint density at radius 2 is 1.52 bits per heavy atom. The van der Waals surface area contributed by atoms with Gasteiger partial charge >= 0.3 is 0 Å². The zero-order chi connectivity index (χ0) is 32.8. The molecule has 5 rings (SSSR count). The molecule has 2 aromatic heterocycles. The van der Waals surface area contributed by atoms with Gasteiger partial charge in [0.05, 0.1) is 31.7 Å². The summed E-state index contributed by atoms with van der Waals surface area (Å²) in [6.07, 6.45) is 3.45. The lowest BCUT2D eigenvalue weighted by Crippen LogP contribution is -2.53. The maximum absolute atomic E-state index is 15.3. The van der Waals surface area contributed by atoms with E-state index in [1.54, 1.807) is 27.3 Å². The molecule has 0 N–H and O–H groups in total. The van der Waals surface area contributed by atoms with Gasteiger partial charge < -0.3 is 14.4 Å². The minimum Gasteiger partial charge on any atom is -0.497 e. The summed E-state index contributed by atoms with van der Waals surface area (Å²) in [4.78, 5) is 17.9. The van der Waals surface area contributed by atoms with Gasteiger partial charge in [-0.2, -0.15) is 8.70 Å². The predicted octanol–water partition coefficient (Wildman–Crippen LogP) is 4.72. The highest BCUT2D eigenvalue weighted by atomic mass is 32.2. The summed E-state index contributed by atoms with van der Waals surface area (Å²) in [5, 5.41) is 0. The van der Waals surface area contributed by atoms with Gasteiger partial charge in [0.2, 0.25) is 16.0 Å². The minimum absolute atomic E-state index is 0.0748. The van der Waals surface area contributed by atoms with Crippen LogP contribution in [0.15, 0.2) is 66.9 Å². The maximum atomic E-state index is 15.3. The van der Waals surface area contributed by atoms with E-state index < -0.39 is 16.0 Å². The number of anilines is 1. The molecular weight excluding hydrogens is 607 g/mol. The molecule has 1 atom stereocenters. The number of methoxy groups -OCH3 is 2. The van der Waals surface area contributed by atoms with Crippen molar-refractivity contribution in [3.8, 4) is 22.8 Å². The van der Waals surface area contributed by atoms with Crippen molar-refractivity contribution in [2.24, 2.45) is 0 Å². The van der Waals surface area contributed by atoms with Crippen LogP contribution >= 0.6 is 0 Å². The van der Waals surface area contributed by atoms with Crippen LogP contribution in [-0.2, 0) is 29.5 Å². The Balaban J connectivity index is 1.39. The number of aromatic nitrogens is 3. The van der Waals surface area contributed by atoms with Crippen LogP contribution in [0.3, 0.4) is 0 Å². The van der Waals surface area contributed by atoms with Crippen molar-refractivity contribution in [2.75, 3.05) is 51.6 Å². The van der Waals surface area contributed by atoms with Gasteiger partial charge in [0.25, 0.3) is 0 Å². The third kappa shape index (κ3) is 8.36. The number of piperazine rings is 1. The van der Waals surface area contributed by atoms with Crippen LogP contribution < -0.4 is 14.4 Å². The molecule has 244 valence electrons. The highest BCUT2D eigenvalue weighted by molar-refractivity contribution is 7.88. The van der Waals surface area contributed by atoms with E-state index in [9.17, 15) is 8.42 Å². The number of nitrogens with zero attached hydrogens (tertiary/aromatic N) is 6. The van der Waals surface area contributed by atoms with Crippen molar-refractivity contribution in [3.05, 3.63) is 95.3 Å². The molecule has 10 nitrogen and oxygen atoms in total. The van der Waals surface area contributed by atoms with Gasteiger partial charge in [-0.05, 0) is 67.3 Å². The van der Waals surface area contributed by atoms with Crippen molar-refractivity contribution in [1.29, 1.82) is 0 Å². The van der Waals surface area contributed by atoms with E-state index in [2.05, 4.69) is 19.8 Å². The number of halogens is 1. The molecule has 0 aliphatic carbocycles. The van der Waals surface area contributed by atoms with E-state index >= 15 is 4.39 Å². The second-order valence-electron chi connectivity index (χ2n) is 11.6. The summed E-state index contributed by atoms with van der Waals surface area (Å²) in [5.74, 6) is 2.14. The number of rotatable bonds is 12.